The van der Waals surface area contributed by atoms with Crippen LogP contribution in [0.3, 0.4) is 0 Å². The SMILES string of the molecule is CCOc1ccn(-c2ccc(F)cc2)c(=O)c1C(=O)Nc1ccc(Oc2ccnc3cc(OCCCN(C)C)c4c(c23)OCCO4)c(F)c1. The molecule has 1 amide bonds. The van der Waals surface area contributed by atoms with Gasteiger partial charge in [-0.25, -0.2) is 8.78 Å². The molecule has 254 valence electrons. The Morgan fingerprint density at radius 3 is 2.45 bits per heavy atom. The van der Waals surface area contributed by atoms with Gasteiger partial charge >= 0.3 is 0 Å². The Labute approximate surface area is 280 Å². The predicted octanol–water partition coefficient (Wildman–Crippen LogP) is 6.21. The molecule has 1 N–H and O–H groups in total. The minimum atomic E-state index is -0.818. The van der Waals surface area contributed by atoms with E-state index in [4.69, 9.17) is 23.7 Å². The Morgan fingerprint density at radius 1 is 0.939 bits per heavy atom. The van der Waals surface area contributed by atoms with E-state index < -0.39 is 23.1 Å². The Morgan fingerprint density at radius 2 is 1.71 bits per heavy atom. The molecule has 0 radical (unpaired) electrons. The van der Waals surface area contributed by atoms with E-state index in [0.717, 1.165) is 19.0 Å². The number of benzene rings is 3. The number of hydrogen-bond donors (Lipinski definition) is 1. The van der Waals surface area contributed by atoms with Crippen molar-refractivity contribution >= 4 is 22.5 Å². The highest BCUT2D eigenvalue weighted by Crippen LogP contribution is 2.48. The largest absolute Gasteiger partial charge is 0.493 e. The molecule has 0 spiro atoms. The van der Waals surface area contributed by atoms with Crippen molar-refractivity contribution in [2.45, 2.75) is 13.3 Å². The highest BCUT2D eigenvalue weighted by molar-refractivity contribution is 6.06. The number of halogens is 2. The summed E-state index contributed by atoms with van der Waals surface area (Å²) in [5.41, 5.74) is -0.0735. The van der Waals surface area contributed by atoms with Gasteiger partial charge in [0.25, 0.3) is 11.5 Å². The minimum absolute atomic E-state index is 0.0463. The summed E-state index contributed by atoms with van der Waals surface area (Å²) in [5.74, 6) is -0.583. The van der Waals surface area contributed by atoms with E-state index in [-0.39, 0.29) is 35.1 Å². The molecule has 13 heteroatoms. The summed E-state index contributed by atoms with van der Waals surface area (Å²) in [4.78, 5) is 33.4. The van der Waals surface area contributed by atoms with Crippen LogP contribution >= 0.6 is 0 Å². The standard InChI is InChI=1S/C36H34F2N4O7/c1-4-45-28-13-16-42(24-9-6-22(37)7-10-24)36(44)32(28)35(43)40-23-8-11-27(25(38)20-23)49-29-12-14-39-26-21-30(46-17-5-15-41(2)3)33-34(31(26)29)48-19-18-47-33/h6-14,16,20-21H,4-5,15,17-19H2,1-3H3,(H,40,43). The van der Waals surface area contributed by atoms with Crippen molar-refractivity contribution in [2.75, 3.05) is 52.4 Å². The summed E-state index contributed by atoms with van der Waals surface area (Å²) in [5, 5.41) is 3.06. The molecule has 0 bridgehead atoms. The number of carbonyl (C=O) groups excluding carboxylic acids is 1. The van der Waals surface area contributed by atoms with Gasteiger partial charge in [-0.15, -0.1) is 0 Å². The first-order valence-corrected chi connectivity index (χ1v) is 15.7. The van der Waals surface area contributed by atoms with E-state index in [9.17, 15) is 14.0 Å². The van der Waals surface area contributed by atoms with Gasteiger partial charge in [0.1, 0.15) is 36.1 Å². The van der Waals surface area contributed by atoms with Gasteiger partial charge < -0.3 is 33.9 Å². The lowest BCUT2D eigenvalue weighted by molar-refractivity contribution is 0.102. The molecular formula is C36H34F2N4O7. The van der Waals surface area contributed by atoms with E-state index in [2.05, 4.69) is 15.2 Å². The van der Waals surface area contributed by atoms with Crippen molar-refractivity contribution in [1.82, 2.24) is 14.5 Å². The van der Waals surface area contributed by atoms with Crippen molar-refractivity contribution in [3.63, 3.8) is 0 Å². The molecule has 0 unspecified atom stereocenters. The van der Waals surface area contributed by atoms with Gasteiger partial charge in [0.05, 0.1) is 24.1 Å². The average molecular weight is 673 g/mol. The lowest BCUT2D eigenvalue weighted by Crippen LogP contribution is -2.29. The monoisotopic (exact) mass is 672 g/mol. The smallest absolute Gasteiger partial charge is 0.271 e. The summed E-state index contributed by atoms with van der Waals surface area (Å²) >= 11 is 0. The van der Waals surface area contributed by atoms with Crippen LogP contribution in [0.5, 0.6) is 34.5 Å². The third-order valence-electron chi connectivity index (χ3n) is 7.55. The second kappa shape index (κ2) is 14.6. The Bertz CT molecular complexity index is 2050. The number of rotatable bonds is 12. The third-order valence-corrected chi connectivity index (χ3v) is 7.55. The second-order valence-electron chi connectivity index (χ2n) is 11.3. The first-order valence-electron chi connectivity index (χ1n) is 15.7. The molecule has 5 aromatic rings. The van der Waals surface area contributed by atoms with Crippen LogP contribution in [0, 0.1) is 11.6 Å². The third kappa shape index (κ3) is 7.26. The van der Waals surface area contributed by atoms with Gasteiger partial charge in [0.2, 0.25) is 5.75 Å². The van der Waals surface area contributed by atoms with Gasteiger partial charge in [-0.2, -0.15) is 0 Å². The lowest BCUT2D eigenvalue weighted by atomic mass is 10.1. The van der Waals surface area contributed by atoms with Crippen LogP contribution in [0.4, 0.5) is 14.5 Å². The Kier molecular flexibility index (Phi) is 9.90. The first kappa shape index (κ1) is 33.2. The van der Waals surface area contributed by atoms with E-state index in [1.165, 1.54) is 59.4 Å². The van der Waals surface area contributed by atoms with Crippen LogP contribution in [-0.4, -0.2) is 67.4 Å². The summed E-state index contributed by atoms with van der Waals surface area (Å²) in [6, 6.07) is 13.9. The van der Waals surface area contributed by atoms with Crippen molar-refractivity contribution in [3.8, 4) is 40.2 Å². The second-order valence-corrected chi connectivity index (χ2v) is 11.3. The molecule has 3 aromatic carbocycles. The maximum atomic E-state index is 15.5. The van der Waals surface area contributed by atoms with E-state index in [1.54, 1.807) is 19.1 Å². The molecule has 2 aromatic heterocycles. The van der Waals surface area contributed by atoms with Crippen molar-refractivity contribution in [2.24, 2.45) is 0 Å². The van der Waals surface area contributed by atoms with Gasteiger partial charge in [-0.05, 0) is 76.0 Å². The minimum Gasteiger partial charge on any atom is -0.493 e. The van der Waals surface area contributed by atoms with Gasteiger partial charge in [0.15, 0.2) is 23.1 Å². The summed E-state index contributed by atoms with van der Waals surface area (Å²) in [7, 11) is 3.98. The molecule has 1 aliphatic heterocycles. The summed E-state index contributed by atoms with van der Waals surface area (Å²) in [6.07, 6.45) is 3.77. The Hall–Kier alpha value is -5.69. The van der Waals surface area contributed by atoms with Gasteiger partial charge in [0, 0.05) is 42.4 Å². The van der Waals surface area contributed by atoms with Crippen LogP contribution in [0.2, 0.25) is 0 Å². The number of nitrogens with zero attached hydrogens (tertiary/aromatic N) is 3. The molecular weight excluding hydrogens is 638 g/mol. The lowest BCUT2D eigenvalue weighted by Gasteiger charge is -2.23. The highest BCUT2D eigenvalue weighted by atomic mass is 19.1. The zero-order valence-electron chi connectivity index (χ0n) is 27.1. The number of anilines is 1. The Balaban J connectivity index is 1.26. The highest BCUT2D eigenvalue weighted by Gasteiger charge is 2.26. The maximum Gasteiger partial charge on any atom is 0.271 e. The van der Waals surface area contributed by atoms with Gasteiger partial charge in [-0.1, -0.05) is 0 Å². The number of carbonyl (C=O) groups is 1. The molecule has 0 saturated heterocycles. The molecule has 0 aliphatic carbocycles. The summed E-state index contributed by atoms with van der Waals surface area (Å²) in [6.45, 7) is 3.85. The fourth-order valence-corrected chi connectivity index (χ4v) is 5.31. The fourth-order valence-electron chi connectivity index (χ4n) is 5.31. The number of aromatic nitrogens is 2. The number of amides is 1. The van der Waals surface area contributed by atoms with Crippen molar-refractivity contribution in [1.29, 1.82) is 0 Å². The number of nitrogens with one attached hydrogen (secondary N) is 1. The number of ether oxygens (including phenoxy) is 5. The molecule has 0 fully saturated rings. The molecule has 1 aliphatic rings. The fraction of sp³-hybridized carbons (Fsp3) is 0.250. The van der Waals surface area contributed by atoms with Crippen molar-refractivity contribution in [3.05, 3.63) is 101 Å². The van der Waals surface area contributed by atoms with Crippen LogP contribution in [-0.2, 0) is 0 Å². The van der Waals surface area contributed by atoms with E-state index >= 15 is 4.39 Å². The van der Waals surface area contributed by atoms with E-state index in [0.29, 0.717) is 53.7 Å². The van der Waals surface area contributed by atoms with Crippen LogP contribution in [0.25, 0.3) is 16.6 Å². The maximum absolute atomic E-state index is 15.5. The van der Waals surface area contributed by atoms with E-state index in [1.807, 2.05) is 14.1 Å². The normalized spacial score (nSPS) is 12.2. The first-order chi connectivity index (χ1) is 23.7. The molecule has 49 heavy (non-hydrogen) atoms. The van der Waals surface area contributed by atoms with Crippen LogP contribution < -0.4 is 34.6 Å². The molecule has 0 atom stereocenters. The predicted molar refractivity (Wildman–Crippen MR) is 179 cm³/mol. The molecule has 0 saturated carbocycles. The van der Waals surface area contributed by atoms with Crippen LogP contribution in [0.1, 0.15) is 23.7 Å². The zero-order valence-corrected chi connectivity index (χ0v) is 27.1. The zero-order chi connectivity index (χ0) is 34.5. The molecule has 11 nitrogen and oxygen atoms in total. The summed E-state index contributed by atoms with van der Waals surface area (Å²) < 4.78 is 59.7. The van der Waals surface area contributed by atoms with Gasteiger partial charge in [-0.3, -0.25) is 19.1 Å². The molecule has 3 heterocycles. The van der Waals surface area contributed by atoms with Crippen molar-refractivity contribution < 1.29 is 37.3 Å². The molecule has 6 rings (SSSR count). The average Bonchev–Trinajstić information content (AvgIpc) is 3.08. The number of fused-ring (bicyclic) bond motifs is 3. The number of hydrogen-bond acceptors (Lipinski definition) is 9. The quantitative estimate of drug-likeness (QED) is 0.155. The van der Waals surface area contributed by atoms with Crippen LogP contribution in [0.15, 0.2) is 77.9 Å². The number of pyridine rings is 2. The topological polar surface area (TPSA) is 113 Å².